The molecule has 2 amide bonds. The predicted octanol–water partition coefficient (Wildman–Crippen LogP) is 2.17. The molecule has 0 bridgehead atoms. The van der Waals surface area contributed by atoms with Gasteiger partial charge in [0.2, 0.25) is 0 Å². The van der Waals surface area contributed by atoms with Crippen LogP contribution < -0.4 is 0 Å². The van der Waals surface area contributed by atoms with Crippen molar-refractivity contribution in [2.75, 3.05) is 13.1 Å². The van der Waals surface area contributed by atoms with E-state index < -0.39 is 5.97 Å². The Hall–Kier alpha value is -1.26. The Labute approximate surface area is 114 Å². The summed E-state index contributed by atoms with van der Waals surface area (Å²) in [4.78, 5) is 27.1. The monoisotopic (exact) mass is 268 g/mol. The minimum absolute atomic E-state index is 0.0441. The minimum Gasteiger partial charge on any atom is -0.481 e. The molecule has 108 valence electrons. The number of amides is 2. The summed E-state index contributed by atoms with van der Waals surface area (Å²) >= 11 is 0. The summed E-state index contributed by atoms with van der Waals surface area (Å²) in [5.74, 6) is -0.384. The normalized spacial score (nSPS) is 18.5. The Kier molecular flexibility index (Phi) is 4.32. The molecule has 0 unspecified atom stereocenters. The fraction of sp³-hybridized carbons (Fsp3) is 0.857. The van der Waals surface area contributed by atoms with Gasteiger partial charge in [-0.2, -0.15) is 0 Å². The first-order chi connectivity index (χ1) is 8.99. The van der Waals surface area contributed by atoms with Crippen LogP contribution in [0.5, 0.6) is 0 Å². The Morgan fingerprint density at radius 3 is 2.05 bits per heavy atom. The van der Waals surface area contributed by atoms with E-state index in [1.807, 2.05) is 4.90 Å². The van der Waals surface area contributed by atoms with E-state index in [0.717, 1.165) is 32.2 Å². The van der Waals surface area contributed by atoms with E-state index in [4.69, 9.17) is 5.11 Å². The fourth-order valence-corrected chi connectivity index (χ4v) is 2.36. The Morgan fingerprint density at radius 1 is 1.11 bits per heavy atom. The number of aliphatic carboxylic acids is 1. The molecule has 0 atom stereocenters. The first-order valence-corrected chi connectivity index (χ1v) is 7.28. The highest BCUT2D eigenvalue weighted by Gasteiger charge is 2.40. The van der Waals surface area contributed by atoms with Crippen LogP contribution >= 0.6 is 0 Å². The molecule has 19 heavy (non-hydrogen) atoms. The number of carboxylic acid groups (broad SMARTS) is 1. The van der Waals surface area contributed by atoms with Gasteiger partial charge in [-0.3, -0.25) is 4.79 Å². The van der Waals surface area contributed by atoms with Gasteiger partial charge in [-0.25, -0.2) is 4.79 Å². The smallest absolute Gasteiger partial charge is 0.320 e. The largest absolute Gasteiger partial charge is 0.481 e. The molecule has 1 N–H and O–H groups in total. The molecular formula is C14H24N2O3. The van der Waals surface area contributed by atoms with Crippen LogP contribution in [0.3, 0.4) is 0 Å². The van der Waals surface area contributed by atoms with Crippen LogP contribution in [0.1, 0.15) is 46.0 Å². The van der Waals surface area contributed by atoms with Gasteiger partial charge in [0.05, 0.1) is 6.42 Å². The van der Waals surface area contributed by atoms with Crippen LogP contribution in [0.15, 0.2) is 0 Å². The molecule has 0 aromatic carbocycles. The van der Waals surface area contributed by atoms with Crippen LogP contribution in [0.2, 0.25) is 0 Å². The van der Waals surface area contributed by atoms with Crippen molar-refractivity contribution >= 4 is 12.0 Å². The Morgan fingerprint density at radius 2 is 1.63 bits per heavy atom. The van der Waals surface area contributed by atoms with Crippen molar-refractivity contribution in [3.63, 3.8) is 0 Å². The summed E-state index contributed by atoms with van der Waals surface area (Å²) in [6.07, 6.45) is 4.27. The topological polar surface area (TPSA) is 60.9 Å². The predicted molar refractivity (Wildman–Crippen MR) is 71.9 cm³/mol. The lowest BCUT2D eigenvalue weighted by molar-refractivity contribution is -0.137. The van der Waals surface area contributed by atoms with Gasteiger partial charge in [0.1, 0.15) is 0 Å². The van der Waals surface area contributed by atoms with E-state index in [0.29, 0.717) is 18.5 Å². The molecule has 0 heterocycles. The van der Waals surface area contributed by atoms with Crippen LogP contribution in [0.4, 0.5) is 4.79 Å². The summed E-state index contributed by atoms with van der Waals surface area (Å²) in [5, 5.41) is 8.80. The van der Waals surface area contributed by atoms with Crippen LogP contribution in [0.25, 0.3) is 0 Å². The van der Waals surface area contributed by atoms with E-state index in [1.54, 1.807) is 4.90 Å². The number of hydrogen-bond donors (Lipinski definition) is 1. The van der Waals surface area contributed by atoms with Gasteiger partial charge in [-0.1, -0.05) is 13.8 Å². The van der Waals surface area contributed by atoms with Crippen molar-refractivity contribution in [1.29, 1.82) is 0 Å². The van der Waals surface area contributed by atoms with E-state index in [1.165, 1.54) is 0 Å². The third-order valence-corrected chi connectivity index (χ3v) is 3.60. The molecule has 0 aromatic heterocycles. The summed E-state index contributed by atoms with van der Waals surface area (Å²) in [6.45, 7) is 5.35. The molecule has 2 fully saturated rings. The number of nitrogens with zero attached hydrogens (tertiary/aromatic N) is 2. The third-order valence-electron chi connectivity index (χ3n) is 3.60. The van der Waals surface area contributed by atoms with Gasteiger partial charge in [-0.15, -0.1) is 0 Å². The van der Waals surface area contributed by atoms with E-state index in [-0.39, 0.29) is 18.5 Å². The highest BCUT2D eigenvalue weighted by Crippen LogP contribution is 2.32. The highest BCUT2D eigenvalue weighted by molar-refractivity contribution is 5.77. The number of carbonyl (C=O) groups is 2. The number of hydrogen-bond acceptors (Lipinski definition) is 2. The van der Waals surface area contributed by atoms with Gasteiger partial charge < -0.3 is 14.9 Å². The van der Waals surface area contributed by atoms with Crippen LogP contribution in [-0.4, -0.2) is 52.1 Å². The SMILES string of the molecule is CC(C)CN(C(=O)N(CCC(=O)O)C1CC1)C1CC1. The fourth-order valence-electron chi connectivity index (χ4n) is 2.36. The van der Waals surface area contributed by atoms with Gasteiger partial charge >= 0.3 is 12.0 Å². The Balaban J connectivity index is 1.97. The zero-order valence-electron chi connectivity index (χ0n) is 11.8. The molecule has 0 aliphatic heterocycles. The maximum absolute atomic E-state index is 12.6. The standard InChI is InChI=1S/C14H24N2O3/c1-10(2)9-16(12-5-6-12)14(19)15(11-3-4-11)8-7-13(17)18/h10-12H,3-9H2,1-2H3,(H,17,18). The van der Waals surface area contributed by atoms with Gasteiger partial charge in [0.25, 0.3) is 0 Å². The first kappa shape index (κ1) is 14.2. The molecule has 5 heteroatoms. The second-order valence-corrected chi connectivity index (χ2v) is 6.13. The van der Waals surface area contributed by atoms with Crippen molar-refractivity contribution in [1.82, 2.24) is 9.80 Å². The quantitative estimate of drug-likeness (QED) is 0.769. The van der Waals surface area contributed by atoms with E-state index in [9.17, 15) is 9.59 Å². The van der Waals surface area contributed by atoms with Gasteiger partial charge in [-0.05, 0) is 31.6 Å². The molecule has 0 saturated heterocycles. The van der Waals surface area contributed by atoms with Crippen molar-refractivity contribution in [3.8, 4) is 0 Å². The molecule has 0 spiro atoms. The molecule has 0 radical (unpaired) electrons. The molecule has 0 aromatic rings. The molecule has 2 saturated carbocycles. The zero-order valence-corrected chi connectivity index (χ0v) is 11.8. The van der Waals surface area contributed by atoms with Crippen molar-refractivity contribution in [2.45, 2.75) is 58.0 Å². The Bertz CT molecular complexity index is 349. The molecule has 2 aliphatic rings. The number of rotatable bonds is 7. The molecule has 2 aliphatic carbocycles. The van der Waals surface area contributed by atoms with E-state index >= 15 is 0 Å². The summed E-state index contributed by atoms with van der Waals surface area (Å²) in [5.41, 5.74) is 0. The number of carboxylic acids is 1. The van der Waals surface area contributed by atoms with Crippen LogP contribution in [-0.2, 0) is 4.79 Å². The summed E-state index contributed by atoms with van der Waals surface area (Å²) in [7, 11) is 0. The maximum Gasteiger partial charge on any atom is 0.320 e. The lowest BCUT2D eigenvalue weighted by Gasteiger charge is -2.32. The number of urea groups is 1. The average molecular weight is 268 g/mol. The molecule has 5 nitrogen and oxygen atoms in total. The van der Waals surface area contributed by atoms with Gasteiger partial charge in [0, 0.05) is 25.2 Å². The third kappa shape index (κ3) is 4.11. The molecule has 2 rings (SSSR count). The van der Waals surface area contributed by atoms with Crippen LogP contribution in [0, 0.1) is 5.92 Å². The highest BCUT2D eigenvalue weighted by atomic mass is 16.4. The summed E-state index contributed by atoms with van der Waals surface area (Å²) in [6, 6.07) is 0.723. The average Bonchev–Trinajstić information content (AvgIpc) is 3.15. The zero-order chi connectivity index (χ0) is 14.0. The molecular weight excluding hydrogens is 244 g/mol. The van der Waals surface area contributed by atoms with Crippen molar-refractivity contribution in [3.05, 3.63) is 0 Å². The van der Waals surface area contributed by atoms with Crippen molar-refractivity contribution in [2.24, 2.45) is 5.92 Å². The van der Waals surface area contributed by atoms with Gasteiger partial charge in [0.15, 0.2) is 0 Å². The summed E-state index contributed by atoms with van der Waals surface area (Å²) < 4.78 is 0. The second kappa shape index (κ2) is 5.80. The van der Waals surface area contributed by atoms with Crippen molar-refractivity contribution < 1.29 is 14.7 Å². The minimum atomic E-state index is -0.833. The lowest BCUT2D eigenvalue weighted by atomic mass is 10.2. The maximum atomic E-state index is 12.6. The first-order valence-electron chi connectivity index (χ1n) is 7.28. The number of carbonyl (C=O) groups excluding carboxylic acids is 1. The lowest BCUT2D eigenvalue weighted by Crippen LogP contribution is -2.47. The second-order valence-electron chi connectivity index (χ2n) is 6.13. The van der Waals surface area contributed by atoms with E-state index in [2.05, 4.69) is 13.8 Å².